The van der Waals surface area contributed by atoms with Gasteiger partial charge in [0.05, 0.1) is 19.3 Å². The zero-order valence-electron chi connectivity index (χ0n) is 19.6. The number of ether oxygens (including phenoxy) is 2. The molecule has 0 saturated heterocycles. The molecule has 1 aliphatic rings. The molecule has 1 aliphatic carbocycles. The summed E-state index contributed by atoms with van der Waals surface area (Å²) in [6, 6.07) is 13.9. The molecule has 0 radical (unpaired) electrons. The van der Waals surface area contributed by atoms with Crippen molar-refractivity contribution < 1.29 is 41.8 Å². The van der Waals surface area contributed by atoms with E-state index in [0.717, 1.165) is 5.56 Å². The average Bonchev–Trinajstić information content (AvgIpc) is 3.53. The van der Waals surface area contributed by atoms with E-state index in [2.05, 4.69) is 10.6 Å². The van der Waals surface area contributed by atoms with E-state index < -0.39 is 47.8 Å². The molecule has 1 unspecified atom stereocenters. The predicted octanol–water partition coefficient (Wildman–Crippen LogP) is 3.15. The van der Waals surface area contributed by atoms with Gasteiger partial charge in [-0.3, -0.25) is 14.4 Å². The van der Waals surface area contributed by atoms with Crippen LogP contribution in [0.2, 0.25) is 0 Å². The molecule has 2 aromatic rings. The van der Waals surface area contributed by atoms with E-state index in [1.54, 1.807) is 48.5 Å². The van der Waals surface area contributed by atoms with Gasteiger partial charge < -0.3 is 20.1 Å². The number of hydrogen-bond donors (Lipinski definition) is 2. The van der Waals surface area contributed by atoms with Crippen molar-refractivity contribution in [3.63, 3.8) is 0 Å². The minimum Gasteiger partial charge on any atom is -0.465 e. The fourth-order valence-electron chi connectivity index (χ4n) is 3.88. The third-order valence-electron chi connectivity index (χ3n) is 5.77. The molecule has 2 atom stereocenters. The van der Waals surface area contributed by atoms with Crippen LogP contribution in [0, 0.1) is 5.92 Å². The van der Waals surface area contributed by atoms with Crippen molar-refractivity contribution in [2.45, 2.75) is 38.0 Å². The van der Waals surface area contributed by atoms with Crippen molar-refractivity contribution in [1.29, 1.82) is 0 Å². The average molecular weight is 506 g/mol. The summed E-state index contributed by atoms with van der Waals surface area (Å²) in [5.41, 5.74) is 0.891. The van der Waals surface area contributed by atoms with Crippen LogP contribution >= 0.6 is 0 Å². The number of carbonyl (C=O) groups excluding carboxylic acids is 4. The first-order chi connectivity index (χ1) is 16.9. The van der Waals surface area contributed by atoms with Crippen LogP contribution in [0.15, 0.2) is 48.5 Å². The lowest BCUT2D eigenvalue weighted by molar-refractivity contribution is -0.155. The predicted molar refractivity (Wildman–Crippen MR) is 121 cm³/mol. The first kappa shape index (κ1) is 26.7. The monoisotopic (exact) mass is 506 g/mol. The third-order valence-corrected chi connectivity index (χ3v) is 5.77. The van der Waals surface area contributed by atoms with Crippen LogP contribution in [0.1, 0.15) is 35.7 Å². The molecule has 1 fully saturated rings. The van der Waals surface area contributed by atoms with Crippen molar-refractivity contribution in [2.24, 2.45) is 5.92 Å². The van der Waals surface area contributed by atoms with Crippen molar-refractivity contribution in [3.05, 3.63) is 59.7 Å². The zero-order valence-corrected chi connectivity index (χ0v) is 19.6. The molecule has 2 N–H and O–H groups in total. The van der Waals surface area contributed by atoms with E-state index in [4.69, 9.17) is 9.47 Å². The summed E-state index contributed by atoms with van der Waals surface area (Å²) in [6.07, 6.45) is -6.41. The highest BCUT2D eigenvalue weighted by Gasteiger charge is 2.61. The van der Waals surface area contributed by atoms with Gasteiger partial charge in [0.2, 0.25) is 11.8 Å². The molecular weight excluding hydrogens is 481 g/mol. The van der Waals surface area contributed by atoms with Crippen LogP contribution in [0.4, 0.5) is 13.2 Å². The first-order valence-corrected chi connectivity index (χ1v) is 11.0. The maximum atomic E-state index is 12.9. The normalized spacial score (nSPS) is 18.6. The number of esters is 2. The Kier molecular flexibility index (Phi) is 8.01. The molecule has 192 valence electrons. The topological polar surface area (TPSA) is 111 Å². The lowest BCUT2D eigenvalue weighted by Crippen LogP contribution is -2.51. The lowest BCUT2D eigenvalue weighted by Gasteiger charge is -2.20. The molecule has 1 saturated carbocycles. The van der Waals surface area contributed by atoms with Gasteiger partial charge in [-0.05, 0) is 29.2 Å². The highest BCUT2D eigenvalue weighted by atomic mass is 19.4. The molecule has 2 aromatic carbocycles. The van der Waals surface area contributed by atoms with Crippen molar-refractivity contribution >= 4 is 23.8 Å². The van der Waals surface area contributed by atoms with E-state index >= 15 is 0 Å². The third kappa shape index (κ3) is 6.61. The minimum absolute atomic E-state index is 0.0366. The molecule has 0 aromatic heterocycles. The van der Waals surface area contributed by atoms with Gasteiger partial charge >= 0.3 is 18.1 Å². The molecule has 0 spiro atoms. The highest BCUT2D eigenvalue weighted by molar-refractivity contribution is 5.97. The van der Waals surface area contributed by atoms with Crippen LogP contribution in [-0.4, -0.2) is 49.2 Å². The van der Waals surface area contributed by atoms with E-state index in [9.17, 15) is 32.3 Å². The Hall–Kier alpha value is -3.89. The Labute approximate surface area is 205 Å². The summed E-state index contributed by atoms with van der Waals surface area (Å²) in [5, 5.41) is 4.82. The number of carbonyl (C=O) groups is 4. The van der Waals surface area contributed by atoms with Crippen molar-refractivity contribution in [2.75, 3.05) is 13.7 Å². The van der Waals surface area contributed by atoms with Gasteiger partial charge in [-0.15, -0.1) is 0 Å². The molecule has 0 aliphatic heterocycles. The molecule has 36 heavy (non-hydrogen) atoms. The maximum Gasteiger partial charge on any atom is 0.397 e. The summed E-state index contributed by atoms with van der Waals surface area (Å²) in [6.45, 7) is 0.998. The number of rotatable bonds is 9. The van der Waals surface area contributed by atoms with E-state index in [-0.39, 0.29) is 19.6 Å². The Morgan fingerprint density at radius 1 is 1.06 bits per heavy atom. The van der Waals surface area contributed by atoms with Crippen LogP contribution < -0.4 is 10.6 Å². The molecule has 3 rings (SSSR count). The van der Waals surface area contributed by atoms with E-state index in [0.29, 0.717) is 16.7 Å². The Bertz CT molecular complexity index is 1150. The second-order valence-electron chi connectivity index (χ2n) is 8.43. The van der Waals surface area contributed by atoms with Crippen molar-refractivity contribution in [1.82, 2.24) is 10.6 Å². The molecule has 0 heterocycles. The van der Waals surface area contributed by atoms with Crippen molar-refractivity contribution in [3.8, 4) is 11.1 Å². The Balaban J connectivity index is 1.68. The smallest absolute Gasteiger partial charge is 0.397 e. The van der Waals surface area contributed by atoms with Crippen LogP contribution in [0.3, 0.4) is 0 Å². The number of methoxy groups -OCH3 is 1. The number of benzene rings is 2. The summed E-state index contributed by atoms with van der Waals surface area (Å²) in [5.74, 6) is -3.73. The first-order valence-electron chi connectivity index (χ1n) is 11.0. The highest BCUT2D eigenvalue weighted by Crippen LogP contribution is 2.44. The summed E-state index contributed by atoms with van der Waals surface area (Å²) >= 11 is 0. The van der Waals surface area contributed by atoms with Gasteiger partial charge in [-0.25, -0.2) is 4.79 Å². The standard InChI is InChI=1S/C25H25F3N2O6/c1-15(31)36-14-18-11-24(18,30-21(32)12-25(26,27)28)23(34)29-13-16-7-9-17(10-8-16)19-5-3-4-6-20(19)22(33)35-2/h3-10,18H,11-14H2,1-2H3,(H,29,34)(H,30,32)/t18?,24-/m1/s1. The molecule has 8 nitrogen and oxygen atoms in total. The fourth-order valence-corrected chi connectivity index (χ4v) is 3.88. The largest absolute Gasteiger partial charge is 0.465 e. The number of amides is 2. The Morgan fingerprint density at radius 3 is 2.33 bits per heavy atom. The van der Waals surface area contributed by atoms with Gasteiger partial charge in [0.15, 0.2) is 0 Å². The van der Waals surface area contributed by atoms with Crippen LogP contribution in [0.25, 0.3) is 11.1 Å². The second-order valence-corrected chi connectivity index (χ2v) is 8.43. The second kappa shape index (κ2) is 10.8. The van der Waals surface area contributed by atoms with Gasteiger partial charge in [0.25, 0.3) is 0 Å². The number of nitrogens with one attached hydrogen (secondary N) is 2. The fraction of sp³-hybridized carbons (Fsp3) is 0.360. The van der Waals surface area contributed by atoms with Gasteiger partial charge in [-0.2, -0.15) is 13.2 Å². The quantitative estimate of drug-likeness (QED) is 0.506. The molecule has 2 amide bonds. The van der Waals surface area contributed by atoms with Gasteiger partial charge in [0, 0.05) is 19.4 Å². The molecular formula is C25H25F3N2O6. The maximum absolute atomic E-state index is 12.9. The van der Waals surface area contributed by atoms with E-state index in [1.807, 2.05) is 0 Å². The number of hydrogen-bond acceptors (Lipinski definition) is 6. The lowest BCUT2D eigenvalue weighted by atomic mass is 9.98. The van der Waals surface area contributed by atoms with Gasteiger partial charge in [0.1, 0.15) is 12.0 Å². The SMILES string of the molecule is COC(=O)c1ccccc1-c1ccc(CNC(=O)[C@@]2(NC(=O)CC(F)(F)F)CC2COC(C)=O)cc1. The number of alkyl halides is 3. The summed E-state index contributed by atoms with van der Waals surface area (Å²) in [7, 11) is 1.29. The minimum atomic E-state index is -4.73. The van der Waals surface area contributed by atoms with E-state index in [1.165, 1.54) is 14.0 Å². The number of halogens is 3. The Morgan fingerprint density at radius 2 is 1.72 bits per heavy atom. The molecule has 0 bridgehead atoms. The van der Waals surface area contributed by atoms with Crippen LogP contribution in [0.5, 0.6) is 0 Å². The van der Waals surface area contributed by atoms with Gasteiger partial charge in [-0.1, -0.05) is 42.5 Å². The summed E-state index contributed by atoms with van der Waals surface area (Å²) < 4.78 is 47.5. The molecule has 11 heteroatoms. The zero-order chi connectivity index (χ0) is 26.5. The summed E-state index contributed by atoms with van der Waals surface area (Å²) in [4.78, 5) is 47.9. The van der Waals surface area contributed by atoms with Crippen LogP contribution in [-0.2, 0) is 30.4 Å².